The highest BCUT2D eigenvalue weighted by molar-refractivity contribution is 6.19. The van der Waals surface area contributed by atoms with Crippen LogP contribution in [0.15, 0.2) is 144 Å². The summed E-state index contributed by atoms with van der Waals surface area (Å²) in [7, 11) is 0. The van der Waals surface area contributed by atoms with Crippen LogP contribution in [-0.4, -0.2) is 4.98 Å². The molecule has 2 heterocycles. The molecule has 0 aliphatic heterocycles. The fourth-order valence-electron chi connectivity index (χ4n) is 6.07. The molecule has 0 N–H and O–H groups in total. The van der Waals surface area contributed by atoms with Crippen molar-refractivity contribution in [3.63, 3.8) is 0 Å². The molecule has 1 aliphatic carbocycles. The van der Waals surface area contributed by atoms with Crippen LogP contribution in [0.25, 0.3) is 49.1 Å². The van der Waals surface area contributed by atoms with E-state index in [1.807, 2.05) is 12.4 Å². The second-order valence-corrected chi connectivity index (χ2v) is 10.4. The van der Waals surface area contributed by atoms with Gasteiger partial charge in [0.15, 0.2) is 0 Å². The number of benzene rings is 5. The summed E-state index contributed by atoms with van der Waals surface area (Å²) in [6, 6.07) is 38.8. The van der Waals surface area contributed by atoms with Gasteiger partial charge in [-0.3, -0.25) is 4.98 Å². The highest BCUT2D eigenvalue weighted by Gasteiger charge is 2.20. The summed E-state index contributed by atoms with van der Waals surface area (Å²) in [6.45, 7) is 0. The van der Waals surface area contributed by atoms with Gasteiger partial charge in [0.1, 0.15) is 11.2 Å². The fourth-order valence-corrected chi connectivity index (χ4v) is 6.07. The Morgan fingerprint density at radius 3 is 2.25 bits per heavy atom. The Morgan fingerprint density at radius 1 is 0.600 bits per heavy atom. The smallest absolute Gasteiger partial charge is 0.136 e. The molecular weight excluding hydrogens is 488 g/mol. The zero-order chi connectivity index (χ0) is 26.5. The van der Waals surface area contributed by atoms with Crippen molar-refractivity contribution in [1.29, 1.82) is 0 Å². The van der Waals surface area contributed by atoms with Crippen LogP contribution in [0, 0.1) is 0 Å². The van der Waals surface area contributed by atoms with Gasteiger partial charge in [0.25, 0.3) is 0 Å². The molecule has 0 unspecified atom stereocenters. The van der Waals surface area contributed by atoms with Gasteiger partial charge in [-0.1, -0.05) is 66.7 Å². The second-order valence-electron chi connectivity index (χ2n) is 10.4. The first-order valence-electron chi connectivity index (χ1n) is 13.7. The topological polar surface area (TPSA) is 29.3 Å². The van der Waals surface area contributed by atoms with Crippen LogP contribution >= 0.6 is 0 Å². The largest absolute Gasteiger partial charge is 0.456 e. The van der Waals surface area contributed by atoms with Gasteiger partial charge in [0, 0.05) is 45.6 Å². The Labute approximate surface area is 232 Å². The maximum atomic E-state index is 6.30. The Morgan fingerprint density at radius 2 is 1.38 bits per heavy atom. The number of nitrogens with zero attached hydrogens (tertiary/aromatic N) is 2. The van der Waals surface area contributed by atoms with Crippen LogP contribution in [0.5, 0.6) is 0 Å². The van der Waals surface area contributed by atoms with Crippen molar-refractivity contribution >= 4 is 60.4 Å². The van der Waals surface area contributed by atoms with E-state index in [1.54, 1.807) is 0 Å². The summed E-state index contributed by atoms with van der Waals surface area (Å²) in [5.74, 6) is 0. The minimum atomic E-state index is 0.894. The fraction of sp³-hybridized carbons (Fsp3) is 0.0541. The number of furan rings is 1. The van der Waals surface area contributed by atoms with Gasteiger partial charge in [0.05, 0.1) is 0 Å². The number of pyridine rings is 1. The molecular formula is C37H26N2O. The molecule has 0 saturated heterocycles. The molecule has 0 saturated carbocycles. The number of allylic oxidation sites excluding steroid dienone is 4. The number of hydrogen-bond donors (Lipinski definition) is 0. The lowest BCUT2D eigenvalue weighted by atomic mass is 9.95. The third kappa shape index (κ3) is 3.78. The quantitative estimate of drug-likeness (QED) is 0.234. The molecule has 190 valence electrons. The Balaban J connectivity index is 1.33. The van der Waals surface area contributed by atoms with E-state index in [1.165, 1.54) is 27.6 Å². The van der Waals surface area contributed by atoms with Crippen molar-refractivity contribution in [2.45, 2.75) is 12.8 Å². The highest BCUT2D eigenvalue weighted by Crippen LogP contribution is 2.41. The summed E-state index contributed by atoms with van der Waals surface area (Å²) >= 11 is 0. The molecule has 8 rings (SSSR count). The van der Waals surface area contributed by atoms with E-state index in [2.05, 4.69) is 131 Å². The van der Waals surface area contributed by atoms with Crippen molar-refractivity contribution in [2.75, 3.05) is 4.90 Å². The summed E-state index contributed by atoms with van der Waals surface area (Å²) < 4.78 is 6.30. The Bertz CT molecular complexity index is 2120. The van der Waals surface area contributed by atoms with Crippen LogP contribution in [0.4, 0.5) is 11.4 Å². The minimum Gasteiger partial charge on any atom is -0.456 e. The van der Waals surface area contributed by atoms with Gasteiger partial charge in [0.2, 0.25) is 0 Å². The van der Waals surface area contributed by atoms with Crippen molar-refractivity contribution < 1.29 is 4.42 Å². The third-order valence-corrected chi connectivity index (χ3v) is 8.04. The predicted octanol–water partition coefficient (Wildman–Crippen LogP) is 10.2. The number of rotatable bonds is 4. The van der Waals surface area contributed by atoms with Crippen molar-refractivity contribution in [2.24, 2.45) is 0 Å². The van der Waals surface area contributed by atoms with E-state index in [9.17, 15) is 0 Å². The monoisotopic (exact) mass is 514 g/mol. The minimum absolute atomic E-state index is 0.894. The summed E-state index contributed by atoms with van der Waals surface area (Å²) in [5.41, 5.74) is 8.01. The molecule has 0 fully saturated rings. The lowest BCUT2D eigenvalue weighted by Gasteiger charge is -2.30. The van der Waals surface area contributed by atoms with E-state index >= 15 is 0 Å². The second kappa shape index (κ2) is 9.25. The average Bonchev–Trinajstić information content (AvgIpc) is 3.41. The van der Waals surface area contributed by atoms with Gasteiger partial charge < -0.3 is 9.32 Å². The Hall–Kier alpha value is -5.15. The van der Waals surface area contributed by atoms with E-state index in [0.717, 1.165) is 56.9 Å². The normalized spacial score (nSPS) is 13.6. The summed E-state index contributed by atoms with van der Waals surface area (Å²) in [5, 5.41) is 7.00. The number of hydrogen-bond acceptors (Lipinski definition) is 3. The molecule has 0 atom stereocenters. The van der Waals surface area contributed by atoms with Crippen molar-refractivity contribution in [3.8, 4) is 0 Å². The van der Waals surface area contributed by atoms with E-state index in [4.69, 9.17) is 4.42 Å². The molecule has 2 aromatic heterocycles. The zero-order valence-electron chi connectivity index (χ0n) is 21.9. The molecule has 0 spiro atoms. The SMILES string of the molecule is C1=C(c2ccccc2)CCC(N(c2ccc3ccccc3c2)c2ccc3oc4ccc5cnccc5c4c3c2)=C1. The van der Waals surface area contributed by atoms with Gasteiger partial charge in [-0.2, -0.15) is 0 Å². The lowest BCUT2D eigenvalue weighted by Crippen LogP contribution is -2.17. The zero-order valence-corrected chi connectivity index (χ0v) is 21.9. The predicted molar refractivity (Wildman–Crippen MR) is 167 cm³/mol. The standard InChI is InChI=1S/C37H26N2O/c1-2-6-25(7-3-1)27-10-14-30(15-11-27)39(31-16-12-26-8-4-5-9-28(26)22-31)32-17-19-35-34(23-32)37-33-20-21-38-24-29(33)13-18-36(37)40-35/h1-10,12-14,16-24H,11,15H2. The first-order chi connectivity index (χ1) is 19.8. The molecule has 0 amide bonds. The molecule has 40 heavy (non-hydrogen) atoms. The number of aromatic nitrogens is 1. The van der Waals surface area contributed by atoms with E-state index in [-0.39, 0.29) is 0 Å². The molecule has 3 heteroatoms. The lowest BCUT2D eigenvalue weighted by molar-refractivity contribution is 0.669. The maximum absolute atomic E-state index is 6.30. The van der Waals surface area contributed by atoms with Gasteiger partial charge >= 0.3 is 0 Å². The third-order valence-electron chi connectivity index (χ3n) is 8.04. The number of fused-ring (bicyclic) bond motifs is 6. The number of anilines is 2. The van der Waals surface area contributed by atoms with Crippen LogP contribution in [0.1, 0.15) is 18.4 Å². The van der Waals surface area contributed by atoms with Crippen molar-refractivity contribution in [3.05, 3.63) is 145 Å². The molecule has 0 radical (unpaired) electrons. The highest BCUT2D eigenvalue weighted by atomic mass is 16.3. The van der Waals surface area contributed by atoms with Crippen LogP contribution in [0.2, 0.25) is 0 Å². The molecule has 0 bridgehead atoms. The Kier molecular flexibility index (Phi) is 5.27. The van der Waals surface area contributed by atoms with E-state index in [0.29, 0.717) is 0 Å². The first-order valence-corrected chi connectivity index (χ1v) is 13.7. The maximum Gasteiger partial charge on any atom is 0.136 e. The average molecular weight is 515 g/mol. The first kappa shape index (κ1) is 22.8. The van der Waals surface area contributed by atoms with Crippen LogP contribution in [0.3, 0.4) is 0 Å². The van der Waals surface area contributed by atoms with Crippen LogP contribution < -0.4 is 4.90 Å². The van der Waals surface area contributed by atoms with Crippen molar-refractivity contribution in [1.82, 2.24) is 4.98 Å². The van der Waals surface area contributed by atoms with Gasteiger partial charge in [-0.15, -0.1) is 0 Å². The molecule has 1 aliphatic rings. The van der Waals surface area contributed by atoms with Crippen LogP contribution in [-0.2, 0) is 0 Å². The van der Waals surface area contributed by atoms with E-state index < -0.39 is 0 Å². The molecule has 5 aromatic carbocycles. The van der Waals surface area contributed by atoms with Gasteiger partial charge in [-0.05, 0) is 94.7 Å². The molecule has 3 nitrogen and oxygen atoms in total. The van der Waals surface area contributed by atoms with Gasteiger partial charge in [-0.25, -0.2) is 0 Å². The molecule has 7 aromatic rings. The summed E-state index contributed by atoms with van der Waals surface area (Å²) in [4.78, 5) is 6.74. The summed E-state index contributed by atoms with van der Waals surface area (Å²) in [6.07, 6.45) is 10.3.